The van der Waals surface area contributed by atoms with Crippen molar-refractivity contribution < 1.29 is 13.2 Å². The van der Waals surface area contributed by atoms with Crippen LogP contribution in [0.1, 0.15) is 29.3 Å². The molecule has 1 amide bonds. The Morgan fingerprint density at radius 1 is 1.17 bits per heavy atom. The van der Waals surface area contributed by atoms with E-state index in [4.69, 9.17) is 11.6 Å². The second-order valence-electron chi connectivity index (χ2n) is 5.37. The van der Waals surface area contributed by atoms with Crippen molar-refractivity contribution in [3.05, 3.63) is 58.6 Å². The highest BCUT2D eigenvalue weighted by Gasteiger charge is 2.12. The number of hydrogen-bond donors (Lipinski definition) is 2. The molecular weight excluding hydrogens is 348 g/mol. The predicted molar refractivity (Wildman–Crippen MR) is 98.3 cm³/mol. The van der Waals surface area contributed by atoms with Gasteiger partial charge in [0.2, 0.25) is 10.0 Å². The van der Waals surface area contributed by atoms with Crippen LogP contribution in [0, 0.1) is 6.92 Å². The minimum atomic E-state index is -3.40. The number of hydrogen-bond acceptors (Lipinski definition) is 3. The number of carbonyl (C=O) groups excluding carboxylic acids is 1. The van der Waals surface area contributed by atoms with E-state index in [1.165, 1.54) is 6.07 Å². The third kappa shape index (κ3) is 4.72. The normalized spacial score (nSPS) is 11.1. The molecule has 0 aliphatic rings. The molecule has 5 nitrogen and oxygen atoms in total. The quantitative estimate of drug-likeness (QED) is 0.809. The molecule has 0 bridgehead atoms. The Bertz CT molecular complexity index is 851. The Kier molecular flexibility index (Phi) is 5.85. The van der Waals surface area contributed by atoms with Gasteiger partial charge >= 0.3 is 0 Å². The molecule has 0 spiro atoms. The SMILES string of the molecule is CCCS(=O)(=O)Nc1cccc(C(=O)Nc2cccc(Cl)c2C)c1. The van der Waals surface area contributed by atoms with Crippen molar-refractivity contribution in [2.24, 2.45) is 0 Å². The summed E-state index contributed by atoms with van der Waals surface area (Å²) in [5.41, 5.74) is 2.10. The van der Waals surface area contributed by atoms with Crippen LogP contribution in [0.5, 0.6) is 0 Å². The van der Waals surface area contributed by atoms with Crippen molar-refractivity contribution in [1.82, 2.24) is 0 Å². The van der Waals surface area contributed by atoms with Gasteiger partial charge in [0, 0.05) is 22.0 Å². The monoisotopic (exact) mass is 366 g/mol. The van der Waals surface area contributed by atoms with Gasteiger partial charge in [-0.3, -0.25) is 9.52 Å². The second-order valence-corrected chi connectivity index (χ2v) is 7.62. The van der Waals surface area contributed by atoms with Gasteiger partial charge in [-0.25, -0.2) is 8.42 Å². The number of rotatable bonds is 6. The number of carbonyl (C=O) groups is 1. The van der Waals surface area contributed by atoms with Crippen molar-refractivity contribution >= 4 is 38.9 Å². The molecule has 0 fully saturated rings. The maximum Gasteiger partial charge on any atom is 0.255 e. The Morgan fingerprint density at radius 3 is 2.58 bits per heavy atom. The van der Waals surface area contributed by atoms with E-state index >= 15 is 0 Å². The highest BCUT2D eigenvalue weighted by Crippen LogP contribution is 2.23. The van der Waals surface area contributed by atoms with E-state index in [0.717, 1.165) is 5.56 Å². The van der Waals surface area contributed by atoms with Gasteiger partial charge in [0.1, 0.15) is 0 Å². The summed E-state index contributed by atoms with van der Waals surface area (Å²) in [5, 5.41) is 3.35. The van der Waals surface area contributed by atoms with Crippen LogP contribution in [0.3, 0.4) is 0 Å². The fourth-order valence-corrected chi connectivity index (χ4v) is 3.46. The van der Waals surface area contributed by atoms with E-state index in [2.05, 4.69) is 10.0 Å². The average Bonchev–Trinajstić information content (AvgIpc) is 2.51. The van der Waals surface area contributed by atoms with E-state index in [-0.39, 0.29) is 11.7 Å². The number of halogens is 1. The van der Waals surface area contributed by atoms with Crippen molar-refractivity contribution in [3.63, 3.8) is 0 Å². The summed E-state index contributed by atoms with van der Waals surface area (Å²) in [5.74, 6) is -0.303. The number of anilines is 2. The molecule has 0 saturated heterocycles. The van der Waals surface area contributed by atoms with E-state index in [9.17, 15) is 13.2 Å². The number of benzene rings is 2. The molecule has 7 heteroatoms. The van der Waals surface area contributed by atoms with Crippen molar-refractivity contribution in [3.8, 4) is 0 Å². The molecular formula is C17H19ClN2O3S. The molecule has 0 heterocycles. The van der Waals surface area contributed by atoms with Gasteiger partial charge in [-0.2, -0.15) is 0 Å². The van der Waals surface area contributed by atoms with Crippen LogP contribution in [0.2, 0.25) is 5.02 Å². The lowest BCUT2D eigenvalue weighted by molar-refractivity contribution is 0.102. The summed E-state index contributed by atoms with van der Waals surface area (Å²) in [4.78, 5) is 12.4. The van der Waals surface area contributed by atoms with Gasteiger partial charge in [-0.15, -0.1) is 0 Å². The van der Waals surface area contributed by atoms with Gasteiger partial charge in [-0.1, -0.05) is 30.7 Å². The molecule has 0 aliphatic carbocycles. The summed E-state index contributed by atoms with van der Waals surface area (Å²) in [6.07, 6.45) is 0.517. The van der Waals surface area contributed by atoms with Crippen LogP contribution in [-0.4, -0.2) is 20.1 Å². The third-order valence-electron chi connectivity index (χ3n) is 3.39. The molecule has 0 saturated carbocycles. The molecule has 0 atom stereocenters. The van der Waals surface area contributed by atoms with Gasteiger partial charge in [-0.05, 0) is 49.2 Å². The number of amides is 1. The molecule has 128 valence electrons. The third-order valence-corrected chi connectivity index (χ3v) is 5.29. The topological polar surface area (TPSA) is 75.3 Å². The van der Waals surface area contributed by atoms with E-state index in [1.807, 2.05) is 6.92 Å². The summed E-state index contributed by atoms with van der Waals surface area (Å²) < 4.78 is 26.1. The maximum absolute atomic E-state index is 12.4. The van der Waals surface area contributed by atoms with Crippen molar-refractivity contribution in [1.29, 1.82) is 0 Å². The molecule has 0 unspecified atom stereocenters. The lowest BCUT2D eigenvalue weighted by atomic mass is 10.1. The minimum absolute atomic E-state index is 0.0329. The molecule has 24 heavy (non-hydrogen) atoms. The minimum Gasteiger partial charge on any atom is -0.322 e. The number of sulfonamides is 1. The van der Waals surface area contributed by atoms with E-state index < -0.39 is 10.0 Å². The highest BCUT2D eigenvalue weighted by molar-refractivity contribution is 7.92. The van der Waals surface area contributed by atoms with Crippen LogP contribution in [0.15, 0.2) is 42.5 Å². The zero-order chi connectivity index (χ0) is 17.7. The van der Waals surface area contributed by atoms with Gasteiger partial charge in [0.15, 0.2) is 0 Å². The molecule has 2 aromatic carbocycles. The highest BCUT2D eigenvalue weighted by atomic mass is 35.5. The smallest absolute Gasteiger partial charge is 0.255 e. The van der Waals surface area contributed by atoms with Crippen LogP contribution >= 0.6 is 11.6 Å². The van der Waals surface area contributed by atoms with Crippen molar-refractivity contribution in [2.75, 3.05) is 15.8 Å². The first-order chi connectivity index (χ1) is 11.3. The Balaban J connectivity index is 2.19. The second kappa shape index (κ2) is 7.68. The average molecular weight is 367 g/mol. The summed E-state index contributed by atoms with van der Waals surface area (Å²) in [6.45, 7) is 3.60. The first kappa shape index (κ1) is 18.3. The number of nitrogens with one attached hydrogen (secondary N) is 2. The van der Waals surface area contributed by atoms with Crippen LogP contribution in [0.25, 0.3) is 0 Å². The fourth-order valence-electron chi connectivity index (χ4n) is 2.16. The first-order valence-electron chi connectivity index (χ1n) is 7.49. The molecule has 2 aromatic rings. The van der Waals surface area contributed by atoms with Crippen LogP contribution in [0.4, 0.5) is 11.4 Å². The molecule has 0 radical (unpaired) electrons. The van der Waals surface area contributed by atoms with Gasteiger partial charge in [0.25, 0.3) is 5.91 Å². The summed E-state index contributed by atoms with van der Waals surface area (Å²) in [7, 11) is -3.40. The lowest BCUT2D eigenvalue weighted by Gasteiger charge is -2.11. The van der Waals surface area contributed by atoms with E-state index in [0.29, 0.717) is 28.4 Å². The summed E-state index contributed by atoms with van der Waals surface area (Å²) >= 11 is 6.04. The Morgan fingerprint density at radius 2 is 1.88 bits per heavy atom. The lowest BCUT2D eigenvalue weighted by Crippen LogP contribution is -2.17. The fraction of sp³-hybridized carbons (Fsp3) is 0.235. The molecule has 2 rings (SSSR count). The maximum atomic E-state index is 12.4. The first-order valence-corrected chi connectivity index (χ1v) is 9.52. The Hall–Kier alpha value is -2.05. The molecule has 0 aliphatic heterocycles. The van der Waals surface area contributed by atoms with Crippen LogP contribution in [-0.2, 0) is 10.0 Å². The molecule has 0 aromatic heterocycles. The van der Waals surface area contributed by atoms with Gasteiger partial charge < -0.3 is 5.32 Å². The molecule has 2 N–H and O–H groups in total. The van der Waals surface area contributed by atoms with Crippen LogP contribution < -0.4 is 10.0 Å². The predicted octanol–water partition coefficient (Wildman–Crippen LogP) is 4.05. The van der Waals surface area contributed by atoms with E-state index in [1.54, 1.807) is 43.3 Å². The zero-order valence-corrected chi connectivity index (χ0v) is 15.0. The van der Waals surface area contributed by atoms with Gasteiger partial charge in [0.05, 0.1) is 5.75 Å². The van der Waals surface area contributed by atoms with Crippen molar-refractivity contribution in [2.45, 2.75) is 20.3 Å². The Labute approximate surface area is 147 Å². The zero-order valence-electron chi connectivity index (χ0n) is 13.5. The largest absolute Gasteiger partial charge is 0.322 e. The standard InChI is InChI=1S/C17H19ClN2O3S/c1-3-10-24(22,23)20-14-7-4-6-13(11-14)17(21)19-16-9-5-8-15(18)12(16)2/h4-9,11,20H,3,10H2,1-2H3,(H,19,21). The summed E-state index contributed by atoms with van der Waals surface area (Å²) in [6, 6.07) is 11.6.